The van der Waals surface area contributed by atoms with Crippen molar-refractivity contribution in [1.29, 1.82) is 0 Å². The number of hydrogen-bond acceptors (Lipinski definition) is 2. The second-order valence-electron chi connectivity index (χ2n) is 5.37. The Hall–Kier alpha value is -0.530. The number of ether oxygens (including phenoxy) is 1. The van der Waals surface area contributed by atoms with Gasteiger partial charge in [-0.05, 0) is 49.9 Å². The lowest BCUT2D eigenvalue weighted by molar-refractivity contribution is -0.149. The maximum atomic E-state index is 11.5. The lowest BCUT2D eigenvalue weighted by atomic mass is 9.90. The summed E-state index contributed by atoms with van der Waals surface area (Å²) in [6, 6.07) is 0. The molecule has 2 heteroatoms. The summed E-state index contributed by atoms with van der Waals surface area (Å²) in [5.41, 5.74) is 0. The van der Waals surface area contributed by atoms with Crippen LogP contribution in [0.15, 0.2) is 0 Å². The molecule has 0 heterocycles. The van der Waals surface area contributed by atoms with E-state index in [0.717, 1.165) is 18.3 Å². The Balaban J connectivity index is 1.66. The molecule has 0 N–H and O–H groups in total. The fourth-order valence-corrected chi connectivity index (χ4v) is 2.61. The van der Waals surface area contributed by atoms with Crippen LogP contribution in [0.4, 0.5) is 0 Å². The number of carbonyl (C=O) groups excluding carboxylic acids is 1. The first-order valence-electron chi connectivity index (χ1n) is 6.37. The molecule has 2 aliphatic rings. The highest BCUT2D eigenvalue weighted by atomic mass is 16.5. The van der Waals surface area contributed by atoms with Crippen molar-refractivity contribution in [2.75, 3.05) is 6.61 Å². The van der Waals surface area contributed by atoms with Gasteiger partial charge in [0, 0.05) is 0 Å². The lowest BCUT2D eigenvalue weighted by Gasteiger charge is -2.21. The van der Waals surface area contributed by atoms with E-state index in [0.29, 0.717) is 12.5 Å². The van der Waals surface area contributed by atoms with Crippen LogP contribution >= 0.6 is 0 Å². The summed E-state index contributed by atoms with van der Waals surface area (Å²) < 4.78 is 5.36. The maximum Gasteiger partial charge on any atom is 0.308 e. The van der Waals surface area contributed by atoms with E-state index in [1.54, 1.807) is 0 Å². The normalized spacial score (nSPS) is 35.5. The van der Waals surface area contributed by atoms with E-state index in [1.807, 2.05) is 13.8 Å². The quantitative estimate of drug-likeness (QED) is 0.667. The molecule has 2 saturated carbocycles. The first-order chi connectivity index (χ1) is 7.20. The molecule has 0 saturated heterocycles. The van der Waals surface area contributed by atoms with Crippen LogP contribution in [0, 0.1) is 23.7 Å². The number of fused-ring (bicyclic) bond motifs is 1. The topological polar surface area (TPSA) is 26.3 Å². The van der Waals surface area contributed by atoms with Crippen molar-refractivity contribution in [2.24, 2.45) is 23.7 Å². The van der Waals surface area contributed by atoms with Crippen molar-refractivity contribution in [1.82, 2.24) is 0 Å². The summed E-state index contributed by atoms with van der Waals surface area (Å²) in [5, 5.41) is 0. The van der Waals surface area contributed by atoms with E-state index in [9.17, 15) is 4.79 Å². The molecular weight excluding hydrogens is 188 g/mol. The molecule has 2 nitrogen and oxygen atoms in total. The van der Waals surface area contributed by atoms with E-state index >= 15 is 0 Å². The molecule has 4 unspecified atom stereocenters. The van der Waals surface area contributed by atoms with Gasteiger partial charge in [-0.2, -0.15) is 0 Å². The maximum absolute atomic E-state index is 11.5. The molecule has 4 atom stereocenters. The van der Waals surface area contributed by atoms with Gasteiger partial charge >= 0.3 is 5.97 Å². The van der Waals surface area contributed by atoms with Crippen molar-refractivity contribution in [3.05, 3.63) is 0 Å². The molecule has 0 bridgehead atoms. The molecule has 2 rings (SSSR count). The zero-order valence-corrected chi connectivity index (χ0v) is 9.87. The molecule has 0 aliphatic heterocycles. The SMILES string of the molecule is CCC(C)C(=O)OCC1CCC2CC2C1. The molecule has 2 fully saturated rings. The molecule has 0 aromatic heterocycles. The molecule has 2 aliphatic carbocycles. The summed E-state index contributed by atoms with van der Waals surface area (Å²) in [4.78, 5) is 11.5. The fraction of sp³-hybridized carbons (Fsp3) is 0.923. The molecule has 0 amide bonds. The van der Waals surface area contributed by atoms with Gasteiger partial charge in [0.05, 0.1) is 12.5 Å². The first-order valence-corrected chi connectivity index (χ1v) is 6.37. The molecule has 0 aromatic rings. The Kier molecular flexibility index (Phi) is 3.32. The summed E-state index contributed by atoms with van der Waals surface area (Å²) in [7, 11) is 0. The number of esters is 1. The van der Waals surface area contributed by atoms with Crippen LogP contribution in [-0.4, -0.2) is 12.6 Å². The van der Waals surface area contributed by atoms with Gasteiger partial charge in [-0.25, -0.2) is 0 Å². The van der Waals surface area contributed by atoms with Crippen LogP contribution in [-0.2, 0) is 9.53 Å². The Bertz CT molecular complexity index is 237. The third kappa shape index (κ3) is 2.73. The molecule has 0 spiro atoms. The van der Waals surface area contributed by atoms with Crippen LogP contribution in [0.25, 0.3) is 0 Å². The first kappa shape index (κ1) is 11.0. The highest BCUT2D eigenvalue weighted by Gasteiger charge is 2.42. The van der Waals surface area contributed by atoms with Gasteiger partial charge < -0.3 is 4.74 Å². The fourth-order valence-electron chi connectivity index (χ4n) is 2.61. The third-order valence-corrected chi connectivity index (χ3v) is 4.13. The van der Waals surface area contributed by atoms with Gasteiger partial charge in [0.2, 0.25) is 0 Å². The van der Waals surface area contributed by atoms with Crippen LogP contribution in [0.1, 0.15) is 46.0 Å². The Morgan fingerprint density at radius 3 is 2.80 bits per heavy atom. The van der Waals surface area contributed by atoms with Crippen LogP contribution < -0.4 is 0 Å². The molecular formula is C13H22O2. The zero-order chi connectivity index (χ0) is 10.8. The number of rotatable bonds is 4. The van der Waals surface area contributed by atoms with Gasteiger partial charge in [0.25, 0.3) is 0 Å². The van der Waals surface area contributed by atoms with Gasteiger partial charge in [0.15, 0.2) is 0 Å². The van der Waals surface area contributed by atoms with Gasteiger partial charge in [-0.1, -0.05) is 13.8 Å². The van der Waals surface area contributed by atoms with Crippen molar-refractivity contribution < 1.29 is 9.53 Å². The zero-order valence-electron chi connectivity index (χ0n) is 9.87. The second-order valence-corrected chi connectivity index (χ2v) is 5.37. The minimum Gasteiger partial charge on any atom is -0.465 e. The van der Waals surface area contributed by atoms with E-state index in [2.05, 4.69) is 0 Å². The highest BCUT2D eigenvalue weighted by molar-refractivity contribution is 5.71. The minimum atomic E-state index is -0.00424. The van der Waals surface area contributed by atoms with Crippen molar-refractivity contribution in [2.45, 2.75) is 46.0 Å². The molecule has 86 valence electrons. The average Bonchev–Trinajstić information content (AvgIpc) is 3.02. The van der Waals surface area contributed by atoms with Crippen LogP contribution in [0.3, 0.4) is 0 Å². The lowest BCUT2D eigenvalue weighted by Crippen LogP contribution is -2.21. The Labute approximate surface area is 92.4 Å². The largest absolute Gasteiger partial charge is 0.465 e. The monoisotopic (exact) mass is 210 g/mol. The average molecular weight is 210 g/mol. The van der Waals surface area contributed by atoms with Crippen LogP contribution in [0.5, 0.6) is 0 Å². The second kappa shape index (κ2) is 4.54. The molecule has 0 radical (unpaired) electrons. The van der Waals surface area contributed by atoms with Crippen LogP contribution in [0.2, 0.25) is 0 Å². The standard InChI is InChI=1S/C13H22O2/c1-3-9(2)13(14)15-8-10-4-5-11-7-12(11)6-10/h9-12H,3-8H2,1-2H3. The van der Waals surface area contributed by atoms with E-state index < -0.39 is 0 Å². The van der Waals surface area contributed by atoms with E-state index in [4.69, 9.17) is 4.74 Å². The smallest absolute Gasteiger partial charge is 0.308 e. The van der Waals surface area contributed by atoms with Crippen molar-refractivity contribution >= 4 is 5.97 Å². The molecule has 0 aromatic carbocycles. The highest BCUT2D eigenvalue weighted by Crippen LogP contribution is 2.51. The van der Waals surface area contributed by atoms with Gasteiger partial charge in [-0.15, -0.1) is 0 Å². The Morgan fingerprint density at radius 2 is 2.13 bits per heavy atom. The third-order valence-electron chi connectivity index (χ3n) is 4.13. The van der Waals surface area contributed by atoms with Crippen molar-refractivity contribution in [3.8, 4) is 0 Å². The number of carbonyl (C=O) groups is 1. The van der Waals surface area contributed by atoms with E-state index in [1.165, 1.54) is 25.7 Å². The summed E-state index contributed by atoms with van der Waals surface area (Å²) in [6.45, 7) is 4.65. The predicted octanol–water partition coefficient (Wildman–Crippen LogP) is 3.01. The summed E-state index contributed by atoms with van der Waals surface area (Å²) in [5.74, 6) is 2.73. The van der Waals surface area contributed by atoms with Gasteiger partial charge in [0.1, 0.15) is 0 Å². The minimum absolute atomic E-state index is 0.00424. The summed E-state index contributed by atoms with van der Waals surface area (Å²) >= 11 is 0. The van der Waals surface area contributed by atoms with Crippen molar-refractivity contribution in [3.63, 3.8) is 0 Å². The van der Waals surface area contributed by atoms with Gasteiger partial charge in [-0.3, -0.25) is 4.79 Å². The van der Waals surface area contributed by atoms with E-state index in [-0.39, 0.29) is 11.9 Å². The summed E-state index contributed by atoms with van der Waals surface area (Å²) in [6.07, 6.45) is 6.27. The Morgan fingerprint density at radius 1 is 1.33 bits per heavy atom. The predicted molar refractivity (Wildman–Crippen MR) is 59.4 cm³/mol. The number of hydrogen-bond donors (Lipinski definition) is 0. The molecule has 15 heavy (non-hydrogen) atoms.